The summed E-state index contributed by atoms with van der Waals surface area (Å²) in [6.07, 6.45) is -2.94. The van der Waals surface area contributed by atoms with Crippen LogP contribution in [0.2, 0.25) is 0 Å². The van der Waals surface area contributed by atoms with Crippen molar-refractivity contribution in [3.05, 3.63) is 108 Å². The maximum Gasteiger partial charge on any atom is 0.231 e. The minimum Gasteiger partial charge on any atom is -0.375 e. The Morgan fingerprint density at radius 1 is 0.711 bits per heavy atom. The highest BCUT2D eigenvalue weighted by Gasteiger charge is 2.70. The summed E-state index contributed by atoms with van der Waals surface area (Å²) in [5.74, 6) is -1.35. The molecular weight excluding hydrogens is 574 g/mol. The Morgan fingerprint density at radius 3 is 1.82 bits per heavy atom. The standard InChI is InChI=1S/C36H41NO8/c1-36(2)44-32-30(43-35(39-3)33(32)45-36)27-28-31(42-21-25-17-11-6-12-18-25)29(41-20-24-15-9-5-10-16-24)26(37(28)34(27)38)22-40-19-23-13-7-4-8-14-23/h4-18,26-33,35H,19-22H2,1-3H3/t26-,27+,28-,29-,30-,31-,32+,33+,35+/m1/s1. The van der Waals surface area contributed by atoms with E-state index in [-0.39, 0.29) is 18.0 Å². The van der Waals surface area contributed by atoms with Crippen molar-refractivity contribution in [3.8, 4) is 0 Å². The molecule has 0 N–H and O–H groups in total. The van der Waals surface area contributed by atoms with E-state index in [1.807, 2.05) is 110 Å². The van der Waals surface area contributed by atoms with E-state index in [1.54, 1.807) is 7.11 Å². The van der Waals surface area contributed by atoms with Gasteiger partial charge in [-0.3, -0.25) is 4.79 Å². The molecule has 3 aromatic rings. The molecule has 9 atom stereocenters. The van der Waals surface area contributed by atoms with E-state index < -0.39 is 48.5 Å². The fourth-order valence-corrected chi connectivity index (χ4v) is 7.26. The molecule has 4 fully saturated rings. The molecule has 4 aliphatic heterocycles. The molecule has 4 heterocycles. The molecule has 3 aromatic carbocycles. The number of rotatable bonds is 12. The number of methoxy groups -OCH3 is 1. The monoisotopic (exact) mass is 615 g/mol. The molecule has 9 heteroatoms. The van der Waals surface area contributed by atoms with Crippen LogP contribution < -0.4 is 0 Å². The molecule has 45 heavy (non-hydrogen) atoms. The lowest BCUT2D eigenvalue weighted by molar-refractivity contribution is -0.242. The van der Waals surface area contributed by atoms with Crippen LogP contribution in [0.3, 0.4) is 0 Å². The van der Waals surface area contributed by atoms with Crippen molar-refractivity contribution in [2.75, 3.05) is 13.7 Å². The lowest BCUT2D eigenvalue weighted by Crippen LogP contribution is -2.68. The first kappa shape index (κ1) is 30.5. The summed E-state index contributed by atoms with van der Waals surface area (Å²) in [6.45, 7) is 5.24. The van der Waals surface area contributed by atoms with Gasteiger partial charge in [0.05, 0.1) is 44.4 Å². The number of β-lactam (4-membered cyclic amide) rings is 1. The lowest BCUT2D eigenvalue weighted by Gasteiger charge is -2.49. The van der Waals surface area contributed by atoms with Crippen LogP contribution in [-0.4, -0.2) is 79.2 Å². The Hall–Kier alpha value is -3.15. The zero-order chi connectivity index (χ0) is 31.0. The highest BCUT2D eigenvalue weighted by atomic mass is 16.8. The number of carbonyl (C=O) groups excluding carboxylic acids is 1. The van der Waals surface area contributed by atoms with Crippen molar-refractivity contribution in [1.82, 2.24) is 4.90 Å². The van der Waals surface area contributed by atoms with Crippen molar-refractivity contribution in [2.45, 2.75) is 88.3 Å². The van der Waals surface area contributed by atoms with Crippen molar-refractivity contribution in [3.63, 3.8) is 0 Å². The summed E-state index contributed by atoms with van der Waals surface area (Å²) in [5.41, 5.74) is 3.15. The number of carbonyl (C=O) groups is 1. The third kappa shape index (κ3) is 6.06. The van der Waals surface area contributed by atoms with Crippen LogP contribution in [0.25, 0.3) is 0 Å². The average molecular weight is 616 g/mol. The Kier molecular flexibility index (Phi) is 8.76. The minimum atomic E-state index is -0.811. The van der Waals surface area contributed by atoms with Gasteiger partial charge >= 0.3 is 0 Å². The summed E-state index contributed by atoms with van der Waals surface area (Å²) in [4.78, 5) is 16.1. The molecule has 1 amide bonds. The predicted octanol–water partition coefficient (Wildman–Crippen LogP) is 4.47. The van der Waals surface area contributed by atoms with E-state index in [9.17, 15) is 4.79 Å². The van der Waals surface area contributed by atoms with Crippen LogP contribution in [0.1, 0.15) is 30.5 Å². The van der Waals surface area contributed by atoms with Gasteiger partial charge in [0.2, 0.25) is 5.91 Å². The lowest BCUT2D eigenvalue weighted by atomic mass is 9.79. The molecule has 4 aliphatic rings. The third-order valence-electron chi connectivity index (χ3n) is 9.23. The summed E-state index contributed by atoms with van der Waals surface area (Å²) in [6, 6.07) is 29.5. The Balaban J connectivity index is 1.18. The van der Waals surface area contributed by atoms with Crippen molar-refractivity contribution in [1.29, 1.82) is 0 Å². The van der Waals surface area contributed by atoms with Gasteiger partial charge < -0.3 is 38.1 Å². The SMILES string of the molecule is CO[C@H]1O[C@H]([C@H]2C(=O)N3[C@H]2[C@@H](OCc2ccccc2)[C@H](OCc2ccccc2)[C@H]3COCc2ccccc2)[C@@H]2OC(C)(C)O[C@H]12. The van der Waals surface area contributed by atoms with Crippen LogP contribution in [-0.2, 0) is 57.8 Å². The summed E-state index contributed by atoms with van der Waals surface area (Å²) in [7, 11) is 1.59. The Bertz CT molecular complexity index is 1420. The molecule has 9 nitrogen and oxygen atoms in total. The number of ether oxygens (including phenoxy) is 7. The molecule has 0 radical (unpaired) electrons. The molecule has 0 aliphatic carbocycles. The molecule has 7 rings (SSSR count). The first-order valence-electron chi connectivity index (χ1n) is 15.7. The second-order valence-electron chi connectivity index (χ2n) is 12.6. The number of hydrogen-bond acceptors (Lipinski definition) is 8. The third-order valence-corrected chi connectivity index (χ3v) is 9.23. The van der Waals surface area contributed by atoms with Crippen LogP contribution in [0.15, 0.2) is 91.0 Å². The van der Waals surface area contributed by atoms with Gasteiger partial charge in [0, 0.05) is 7.11 Å². The van der Waals surface area contributed by atoms with Gasteiger partial charge in [-0.15, -0.1) is 0 Å². The summed E-state index contributed by atoms with van der Waals surface area (Å²) < 4.78 is 44.1. The number of hydrogen-bond donors (Lipinski definition) is 0. The number of amides is 1. The van der Waals surface area contributed by atoms with Gasteiger partial charge in [0.25, 0.3) is 0 Å². The molecule has 4 saturated heterocycles. The van der Waals surface area contributed by atoms with Crippen molar-refractivity contribution in [2.24, 2.45) is 5.92 Å². The van der Waals surface area contributed by atoms with Gasteiger partial charge in [-0.05, 0) is 30.5 Å². The minimum absolute atomic E-state index is 0.0266. The zero-order valence-corrected chi connectivity index (χ0v) is 25.9. The normalized spacial score (nSPS) is 33.2. The van der Waals surface area contributed by atoms with E-state index >= 15 is 0 Å². The van der Waals surface area contributed by atoms with Gasteiger partial charge in [0.15, 0.2) is 12.1 Å². The van der Waals surface area contributed by atoms with Crippen molar-refractivity contribution >= 4 is 5.91 Å². The average Bonchev–Trinajstić information content (AvgIpc) is 3.64. The first-order chi connectivity index (χ1) is 21.9. The first-order valence-corrected chi connectivity index (χ1v) is 15.7. The Labute approximate surface area is 264 Å². The van der Waals surface area contributed by atoms with Crippen LogP contribution in [0.5, 0.6) is 0 Å². The fourth-order valence-electron chi connectivity index (χ4n) is 7.26. The highest BCUT2D eigenvalue weighted by Crippen LogP contribution is 2.50. The maximum absolute atomic E-state index is 14.2. The highest BCUT2D eigenvalue weighted by molar-refractivity contribution is 5.88. The van der Waals surface area contributed by atoms with Crippen molar-refractivity contribution < 1.29 is 38.0 Å². The quantitative estimate of drug-likeness (QED) is 0.276. The maximum atomic E-state index is 14.2. The smallest absolute Gasteiger partial charge is 0.231 e. The Morgan fingerprint density at radius 2 is 1.24 bits per heavy atom. The van der Waals surface area contributed by atoms with Gasteiger partial charge in [0.1, 0.15) is 30.5 Å². The zero-order valence-electron chi connectivity index (χ0n) is 25.9. The summed E-state index contributed by atoms with van der Waals surface area (Å²) >= 11 is 0. The fraction of sp³-hybridized carbons (Fsp3) is 0.472. The second-order valence-corrected chi connectivity index (χ2v) is 12.6. The van der Waals surface area contributed by atoms with Gasteiger partial charge in [-0.1, -0.05) is 91.0 Å². The van der Waals surface area contributed by atoms with E-state index in [0.29, 0.717) is 26.4 Å². The largest absolute Gasteiger partial charge is 0.375 e. The van der Waals surface area contributed by atoms with Gasteiger partial charge in [-0.25, -0.2) is 0 Å². The molecule has 0 spiro atoms. The van der Waals surface area contributed by atoms with Crippen LogP contribution >= 0.6 is 0 Å². The summed E-state index contributed by atoms with van der Waals surface area (Å²) in [5, 5.41) is 0. The van der Waals surface area contributed by atoms with E-state index in [0.717, 1.165) is 16.7 Å². The number of benzene rings is 3. The molecule has 0 saturated carbocycles. The molecule has 0 unspecified atom stereocenters. The molecule has 0 aromatic heterocycles. The van der Waals surface area contributed by atoms with E-state index in [4.69, 9.17) is 33.2 Å². The number of fused-ring (bicyclic) bond motifs is 2. The molecule has 0 bridgehead atoms. The molecule has 238 valence electrons. The topological polar surface area (TPSA) is 84.9 Å². The second kappa shape index (κ2) is 12.9. The van der Waals surface area contributed by atoms with Gasteiger partial charge in [-0.2, -0.15) is 0 Å². The van der Waals surface area contributed by atoms with E-state index in [2.05, 4.69) is 0 Å². The predicted molar refractivity (Wildman–Crippen MR) is 164 cm³/mol. The number of nitrogens with zero attached hydrogens (tertiary/aromatic N) is 1. The molecular formula is C36H41NO8. The van der Waals surface area contributed by atoms with Crippen LogP contribution in [0.4, 0.5) is 0 Å². The van der Waals surface area contributed by atoms with Crippen LogP contribution in [0, 0.1) is 5.92 Å². The van der Waals surface area contributed by atoms with E-state index in [1.165, 1.54) is 0 Å².